The van der Waals surface area contributed by atoms with E-state index in [1.807, 2.05) is 0 Å². The number of nitrogens with zero attached hydrogens (tertiary/aromatic N) is 1. The van der Waals surface area contributed by atoms with E-state index in [4.69, 9.17) is 4.74 Å². The average molecular weight is 512 g/mol. The van der Waals surface area contributed by atoms with Crippen LogP contribution in [0.3, 0.4) is 0 Å². The van der Waals surface area contributed by atoms with Gasteiger partial charge in [0.1, 0.15) is 0 Å². The molecule has 1 unspecified atom stereocenters. The monoisotopic (exact) mass is 511 g/mol. The maximum atomic E-state index is 12.8. The maximum absolute atomic E-state index is 12.8. The lowest BCUT2D eigenvalue weighted by Crippen LogP contribution is -2.28. The number of aliphatic hydroxyl groups is 1. The van der Waals surface area contributed by atoms with Crippen molar-refractivity contribution >= 4 is 5.97 Å². The largest absolute Gasteiger partial charge is 0.465 e. The normalized spacial score (nSPS) is 12.4. The fourth-order valence-electron chi connectivity index (χ4n) is 5.02. The molecule has 0 radical (unpaired) electrons. The van der Waals surface area contributed by atoms with Crippen molar-refractivity contribution in [2.75, 3.05) is 32.8 Å². The second-order valence-corrected chi connectivity index (χ2v) is 11.0. The average Bonchev–Trinajstić information content (AvgIpc) is 2.89. The first-order valence-electron chi connectivity index (χ1n) is 16.2. The minimum atomic E-state index is 0.0679. The summed E-state index contributed by atoms with van der Waals surface area (Å²) in [6.07, 6.45) is 26.6. The minimum absolute atomic E-state index is 0.0679. The molecule has 0 aromatic carbocycles. The van der Waals surface area contributed by atoms with Crippen LogP contribution in [0.5, 0.6) is 0 Å². The van der Waals surface area contributed by atoms with Gasteiger partial charge >= 0.3 is 5.97 Å². The van der Waals surface area contributed by atoms with E-state index in [1.165, 1.54) is 109 Å². The van der Waals surface area contributed by atoms with Crippen molar-refractivity contribution in [1.29, 1.82) is 0 Å². The first-order chi connectivity index (χ1) is 17.7. The molecule has 0 aliphatic carbocycles. The number of rotatable bonds is 29. The van der Waals surface area contributed by atoms with E-state index >= 15 is 0 Å². The number of carbonyl (C=O) groups excluding carboxylic acids is 1. The third-order valence-electron chi connectivity index (χ3n) is 7.47. The Morgan fingerprint density at radius 1 is 0.583 bits per heavy atom. The summed E-state index contributed by atoms with van der Waals surface area (Å²) < 4.78 is 5.75. The first-order valence-corrected chi connectivity index (χ1v) is 16.2. The van der Waals surface area contributed by atoms with Crippen LogP contribution in [0, 0.1) is 5.92 Å². The van der Waals surface area contributed by atoms with Crippen LogP contribution in [0.25, 0.3) is 0 Å². The number of aliphatic hydroxyl groups excluding tert-OH is 1. The Balaban J connectivity index is 4.08. The maximum Gasteiger partial charge on any atom is 0.308 e. The Bertz CT molecular complexity index is 443. The molecule has 1 atom stereocenters. The van der Waals surface area contributed by atoms with Gasteiger partial charge < -0.3 is 14.7 Å². The van der Waals surface area contributed by atoms with Gasteiger partial charge in [-0.1, -0.05) is 124 Å². The number of unbranched alkanes of at least 4 members (excludes halogenated alkanes) is 15. The highest BCUT2D eigenvalue weighted by atomic mass is 16.5. The van der Waals surface area contributed by atoms with Gasteiger partial charge in [-0.25, -0.2) is 0 Å². The van der Waals surface area contributed by atoms with Gasteiger partial charge in [-0.15, -0.1) is 0 Å². The molecule has 0 aromatic heterocycles. The highest BCUT2D eigenvalue weighted by Crippen LogP contribution is 2.20. The molecule has 4 nitrogen and oxygen atoms in total. The van der Waals surface area contributed by atoms with Crippen molar-refractivity contribution in [2.24, 2.45) is 5.92 Å². The summed E-state index contributed by atoms with van der Waals surface area (Å²) in [6, 6.07) is 0. The van der Waals surface area contributed by atoms with Crippen LogP contribution >= 0.6 is 0 Å². The van der Waals surface area contributed by atoms with E-state index in [1.54, 1.807) is 0 Å². The van der Waals surface area contributed by atoms with Crippen LogP contribution in [0.15, 0.2) is 0 Å². The Morgan fingerprint density at radius 3 is 1.53 bits per heavy atom. The standard InChI is InChI=1S/C32H65NO3/c1-4-7-10-13-14-19-25-31(24-18-12-9-6-3)32(35)36-30-22-17-16-21-27-33(28-23-29-34)26-20-15-11-8-5-2/h31,34H,4-30H2,1-3H3. The molecule has 0 spiro atoms. The van der Waals surface area contributed by atoms with E-state index < -0.39 is 0 Å². The zero-order valence-corrected chi connectivity index (χ0v) is 24.9. The minimum Gasteiger partial charge on any atom is -0.465 e. The van der Waals surface area contributed by atoms with Gasteiger partial charge in [0.25, 0.3) is 0 Å². The lowest BCUT2D eigenvalue weighted by atomic mass is 9.94. The molecule has 0 rings (SSSR count). The third kappa shape index (κ3) is 23.8. The highest BCUT2D eigenvalue weighted by molar-refractivity contribution is 5.72. The predicted molar refractivity (Wildman–Crippen MR) is 157 cm³/mol. The smallest absolute Gasteiger partial charge is 0.308 e. The second kappa shape index (κ2) is 29.0. The van der Waals surface area contributed by atoms with Crippen molar-refractivity contribution < 1.29 is 14.6 Å². The van der Waals surface area contributed by atoms with Crippen LogP contribution < -0.4 is 0 Å². The molecule has 0 fully saturated rings. The first kappa shape index (κ1) is 35.4. The Labute approximate surface area is 226 Å². The molecule has 0 aliphatic heterocycles. The topological polar surface area (TPSA) is 49.8 Å². The molecule has 0 heterocycles. The van der Waals surface area contributed by atoms with Gasteiger partial charge in [0, 0.05) is 13.2 Å². The van der Waals surface area contributed by atoms with E-state index in [-0.39, 0.29) is 18.5 Å². The SMILES string of the molecule is CCCCCCCCC(CCCCCC)C(=O)OCCCCCCN(CCCO)CCCCCCC. The molecule has 0 aliphatic rings. The molecule has 1 N–H and O–H groups in total. The molecular weight excluding hydrogens is 446 g/mol. The summed E-state index contributed by atoms with van der Waals surface area (Å²) in [4.78, 5) is 15.3. The highest BCUT2D eigenvalue weighted by Gasteiger charge is 2.19. The third-order valence-corrected chi connectivity index (χ3v) is 7.47. The lowest BCUT2D eigenvalue weighted by molar-refractivity contribution is -0.149. The predicted octanol–water partition coefficient (Wildman–Crippen LogP) is 9.08. The van der Waals surface area contributed by atoms with Gasteiger partial charge in [0.2, 0.25) is 0 Å². The van der Waals surface area contributed by atoms with Gasteiger partial charge in [0.15, 0.2) is 0 Å². The molecule has 0 saturated heterocycles. The van der Waals surface area contributed by atoms with Crippen molar-refractivity contribution in [3.63, 3.8) is 0 Å². The summed E-state index contributed by atoms with van der Waals surface area (Å²) >= 11 is 0. The molecule has 0 amide bonds. The number of esters is 1. The summed E-state index contributed by atoms with van der Waals surface area (Å²) in [5.74, 6) is 0.184. The Morgan fingerprint density at radius 2 is 1.00 bits per heavy atom. The van der Waals surface area contributed by atoms with E-state index in [0.29, 0.717) is 6.61 Å². The lowest BCUT2D eigenvalue weighted by Gasteiger charge is -2.22. The fraction of sp³-hybridized carbons (Fsp3) is 0.969. The van der Waals surface area contributed by atoms with Crippen molar-refractivity contribution in [1.82, 2.24) is 4.90 Å². The van der Waals surface area contributed by atoms with Gasteiger partial charge in [0.05, 0.1) is 12.5 Å². The molecule has 0 saturated carbocycles. The van der Waals surface area contributed by atoms with Crippen LogP contribution in [-0.2, 0) is 9.53 Å². The van der Waals surface area contributed by atoms with E-state index in [0.717, 1.165) is 51.6 Å². The molecule has 0 bridgehead atoms. The van der Waals surface area contributed by atoms with Crippen LogP contribution in [0.2, 0.25) is 0 Å². The summed E-state index contributed by atoms with van der Waals surface area (Å²) in [5.41, 5.74) is 0. The second-order valence-electron chi connectivity index (χ2n) is 11.0. The Kier molecular flexibility index (Phi) is 28.5. The van der Waals surface area contributed by atoms with Gasteiger partial charge in [-0.05, 0) is 51.6 Å². The van der Waals surface area contributed by atoms with Gasteiger partial charge in [-0.2, -0.15) is 0 Å². The quantitative estimate of drug-likeness (QED) is 0.0803. The molecule has 4 heteroatoms. The summed E-state index contributed by atoms with van der Waals surface area (Å²) in [7, 11) is 0. The summed E-state index contributed by atoms with van der Waals surface area (Å²) in [6.45, 7) is 10.9. The zero-order valence-electron chi connectivity index (χ0n) is 24.9. The van der Waals surface area contributed by atoms with Crippen LogP contribution in [0.4, 0.5) is 0 Å². The number of carbonyl (C=O) groups is 1. The van der Waals surface area contributed by atoms with Crippen molar-refractivity contribution in [2.45, 2.75) is 162 Å². The molecular formula is C32H65NO3. The number of hydrogen-bond acceptors (Lipinski definition) is 4. The van der Waals surface area contributed by atoms with Crippen molar-refractivity contribution in [3.8, 4) is 0 Å². The zero-order chi connectivity index (χ0) is 26.5. The molecule has 0 aromatic rings. The van der Waals surface area contributed by atoms with E-state index in [2.05, 4.69) is 25.7 Å². The molecule has 216 valence electrons. The van der Waals surface area contributed by atoms with E-state index in [9.17, 15) is 9.90 Å². The van der Waals surface area contributed by atoms with Crippen molar-refractivity contribution in [3.05, 3.63) is 0 Å². The Hall–Kier alpha value is -0.610. The number of hydrogen-bond donors (Lipinski definition) is 1. The summed E-state index contributed by atoms with van der Waals surface area (Å²) in [5, 5.41) is 9.20. The van der Waals surface area contributed by atoms with Gasteiger partial charge in [-0.3, -0.25) is 4.79 Å². The van der Waals surface area contributed by atoms with Crippen LogP contribution in [0.1, 0.15) is 162 Å². The molecule has 36 heavy (non-hydrogen) atoms. The fourth-order valence-corrected chi connectivity index (χ4v) is 5.02. The number of ether oxygens (including phenoxy) is 1. The van der Waals surface area contributed by atoms with Crippen LogP contribution in [-0.4, -0.2) is 48.8 Å².